The smallest absolute Gasteiger partial charge is 0.341 e. The number of benzene rings is 2. The van der Waals surface area contributed by atoms with Gasteiger partial charge in [0.05, 0.1) is 24.5 Å². The summed E-state index contributed by atoms with van der Waals surface area (Å²) < 4.78 is 10.9. The van der Waals surface area contributed by atoms with Crippen LogP contribution in [0.25, 0.3) is 0 Å². The lowest BCUT2D eigenvalue weighted by Crippen LogP contribution is -2.16. The van der Waals surface area contributed by atoms with E-state index in [1.54, 1.807) is 36.6 Å². The molecule has 1 N–H and O–H groups in total. The lowest BCUT2D eigenvalue weighted by molar-refractivity contribution is 0.0528. The summed E-state index contributed by atoms with van der Waals surface area (Å²) in [5.74, 6) is 0.138. The Bertz CT molecular complexity index is 938. The van der Waals surface area contributed by atoms with Crippen LogP contribution in [0.3, 0.4) is 0 Å². The highest BCUT2D eigenvalue weighted by Crippen LogP contribution is 2.31. The Balaban J connectivity index is 1.70. The molecule has 0 atom stereocenters. The zero-order chi connectivity index (χ0) is 20.5. The van der Waals surface area contributed by atoms with Crippen LogP contribution < -0.4 is 10.1 Å². The van der Waals surface area contributed by atoms with Gasteiger partial charge in [0.2, 0.25) is 0 Å². The number of hydrogen-bond acceptors (Lipinski definition) is 5. The Kier molecular flexibility index (Phi) is 7.41. The molecule has 3 rings (SSSR count). The molecule has 1 aromatic heterocycles. The van der Waals surface area contributed by atoms with E-state index in [4.69, 9.17) is 9.47 Å². The zero-order valence-corrected chi connectivity index (χ0v) is 17.0. The van der Waals surface area contributed by atoms with Crippen molar-refractivity contribution in [2.24, 2.45) is 0 Å². The van der Waals surface area contributed by atoms with Gasteiger partial charge in [-0.3, -0.25) is 4.79 Å². The van der Waals surface area contributed by atoms with E-state index in [-0.39, 0.29) is 12.5 Å². The number of nitrogens with one attached hydrogen (secondary N) is 1. The Labute approximate surface area is 174 Å². The summed E-state index contributed by atoms with van der Waals surface area (Å²) in [5, 5.41) is 4.65. The van der Waals surface area contributed by atoms with Crippen LogP contribution >= 0.6 is 11.3 Å². The second kappa shape index (κ2) is 10.4. The highest BCUT2D eigenvalue weighted by Gasteiger charge is 2.21. The molecule has 29 heavy (non-hydrogen) atoms. The molecule has 0 saturated carbocycles. The maximum absolute atomic E-state index is 12.6. The highest BCUT2D eigenvalue weighted by atomic mass is 32.1. The van der Waals surface area contributed by atoms with E-state index in [1.807, 2.05) is 36.4 Å². The Morgan fingerprint density at radius 2 is 1.69 bits per heavy atom. The van der Waals surface area contributed by atoms with Crippen molar-refractivity contribution in [3.63, 3.8) is 0 Å². The van der Waals surface area contributed by atoms with Crippen LogP contribution in [0.2, 0.25) is 0 Å². The largest absolute Gasteiger partial charge is 0.494 e. The van der Waals surface area contributed by atoms with E-state index >= 15 is 0 Å². The highest BCUT2D eigenvalue weighted by molar-refractivity contribution is 7.11. The molecule has 0 spiro atoms. The molecule has 0 aliphatic heterocycles. The molecular formula is C23H23NO4S. The standard InChI is InChI=1S/C23H23NO4S/c1-2-27-23(26)19-16-29-20(14-9-15-28-18-12-7-4-8-13-18)21(19)24-22(25)17-10-5-3-6-11-17/h3-8,10-13,16H,2,9,14-15H2,1H3,(H,24,25). The zero-order valence-electron chi connectivity index (χ0n) is 16.2. The summed E-state index contributed by atoms with van der Waals surface area (Å²) in [4.78, 5) is 25.9. The minimum atomic E-state index is -0.432. The van der Waals surface area contributed by atoms with Crippen molar-refractivity contribution in [1.82, 2.24) is 0 Å². The summed E-state index contributed by atoms with van der Waals surface area (Å²) >= 11 is 1.44. The quantitative estimate of drug-likeness (QED) is 0.390. The summed E-state index contributed by atoms with van der Waals surface area (Å²) in [6.07, 6.45) is 1.44. The molecule has 5 nitrogen and oxygen atoms in total. The first kappa shape index (κ1) is 20.6. The second-order valence-electron chi connectivity index (χ2n) is 6.25. The molecule has 0 radical (unpaired) electrons. The molecule has 0 unspecified atom stereocenters. The van der Waals surface area contributed by atoms with Crippen LogP contribution in [0.1, 0.15) is 38.9 Å². The van der Waals surface area contributed by atoms with Gasteiger partial charge < -0.3 is 14.8 Å². The fourth-order valence-electron chi connectivity index (χ4n) is 2.79. The average Bonchev–Trinajstić information content (AvgIpc) is 3.15. The first-order valence-electron chi connectivity index (χ1n) is 9.50. The van der Waals surface area contributed by atoms with Crippen LogP contribution in [0.15, 0.2) is 66.0 Å². The second-order valence-corrected chi connectivity index (χ2v) is 7.22. The molecule has 1 heterocycles. The fourth-order valence-corrected chi connectivity index (χ4v) is 3.81. The van der Waals surface area contributed by atoms with Crippen molar-refractivity contribution < 1.29 is 19.1 Å². The number of hydrogen-bond donors (Lipinski definition) is 1. The van der Waals surface area contributed by atoms with Crippen LogP contribution in [-0.4, -0.2) is 25.1 Å². The minimum absolute atomic E-state index is 0.253. The van der Waals surface area contributed by atoms with Crippen molar-refractivity contribution in [2.75, 3.05) is 18.5 Å². The fraction of sp³-hybridized carbons (Fsp3) is 0.217. The van der Waals surface area contributed by atoms with Crippen LogP contribution in [-0.2, 0) is 11.2 Å². The van der Waals surface area contributed by atoms with Crippen molar-refractivity contribution in [3.8, 4) is 5.75 Å². The van der Waals surface area contributed by atoms with Crippen molar-refractivity contribution in [1.29, 1.82) is 0 Å². The summed E-state index contributed by atoms with van der Waals surface area (Å²) in [5.41, 5.74) is 1.45. The molecule has 0 aliphatic carbocycles. The lowest BCUT2D eigenvalue weighted by Gasteiger charge is -2.10. The number of carbonyl (C=O) groups excluding carboxylic acids is 2. The third-order valence-corrected chi connectivity index (χ3v) is 5.24. The number of carbonyl (C=O) groups is 2. The maximum Gasteiger partial charge on any atom is 0.341 e. The van der Waals surface area contributed by atoms with E-state index in [2.05, 4.69) is 5.32 Å². The average molecular weight is 410 g/mol. The molecule has 150 valence electrons. The van der Waals surface area contributed by atoms with E-state index in [9.17, 15) is 9.59 Å². The van der Waals surface area contributed by atoms with Crippen LogP contribution in [0.4, 0.5) is 5.69 Å². The number of rotatable bonds is 9. The van der Waals surface area contributed by atoms with Gasteiger partial charge in [0.1, 0.15) is 5.75 Å². The normalized spacial score (nSPS) is 10.4. The molecule has 0 bridgehead atoms. The van der Waals surface area contributed by atoms with E-state index in [0.717, 1.165) is 17.0 Å². The minimum Gasteiger partial charge on any atom is -0.494 e. The third kappa shape index (κ3) is 5.68. The number of thiophene rings is 1. The molecule has 0 saturated heterocycles. The SMILES string of the molecule is CCOC(=O)c1csc(CCCOc2ccccc2)c1NC(=O)c1ccccc1. The number of para-hydroxylation sites is 1. The number of ether oxygens (including phenoxy) is 2. The van der Waals surface area contributed by atoms with Gasteiger partial charge in [0.25, 0.3) is 5.91 Å². The maximum atomic E-state index is 12.6. The molecule has 1 amide bonds. The van der Waals surface area contributed by atoms with Gasteiger partial charge in [-0.1, -0.05) is 36.4 Å². The molecule has 2 aromatic carbocycles. The van der Waals surface area contributed by atoms with Crippen molar-refractivity contribution >= 4 is 28.9 Å². The molecule has 0 fully saturated rings. The summed E-state index contributed by atoms with van der Waals surface area (Å²) in [6, 6.07) is 18.5. The molecular weight excluding hydrogens is 386 g/mol. The summed E-state index contributed by atoms with van der Waals surface area (Å²) in [6.45, 7) is 2.58. The van der Waals surface area contributed by atoms with E-state index < -0.39 is 5.97 Å². The van der Waals surface area contributed by atoms with Gasteiger partial charge >= 0.3 is 5.97 Å². The Morgan fingerprint density at radius 3 is 2.38 bits per heavy atom. The predicted molar refractivity (Wildman–Crippen MR) is 115 cm³/mol. The molecule has 6 heteroatoms. The third-order valence-electron chi connectivity index (χ3n) is 4.20. The Morgan fingerprint density at radius 1 is 1.00 bits per heavy atom. The van der Waals surface area contributed by atoms with Gasteiger partial charge in [-0.2, -0.15) is 0 Å². The van der Waals surface area contributed by atoms with Crippen molar-refractivity contribution in [3.05, 3.63) is 82.0 Å². The van der Waals surface area contributed by atoms with E-state index in [0.29, 0.717) is 29.8 Å². The number of amides is 1. The lowest BCUT2D eigenvalue weighted by atomic mass is 10.1. The van der Waals surface area contributed by atoms with Gasteiger partial charge in [0, 0.05) is 15.8 Å². The number of esters is 1. The van der Waals surface area contributed by atoms with Gasteiger partial charge in [0.15, 0.2) is 0 Å². The topological polar surface area (TPSA) is 64.6 Å². The monoisotopic (exact) mass is 409 g/mol. The van der Waals surface area contributed by atoms with Gasteiger partial charge in [-0.25, -0.2) is 4.79 Å². The van der Waals surface area contributed by atoms with Gasteiger partial charge in [-0.05, 0) is 44.0 Å². The van der Waals surface area contributed by atoms with Crippen LogP contribution in [0, 0.1) is 0 Å². The van der Waals surface area contributed by atoms with Gasteiger partial charge in [-0.15, -0.1) is 11.3 Å². The van der Waals surface area contributed by atoms with Crippen LogP contribution in [0.5, 0.6) is 5.75 Å². The number of anilines is 1. The molecule has 0 aliphatic rings. The predicted octanol–water partition coefficient (Wildman–Crippen LogP) is 5.19. The number of aryl methyl sites for hydroxylation is 1. The van der Waals surface area contributed by atoms with Crippen molar-refractivity contribution in [2.45, 2.75) is 19.8 Å². The Hall–Kier alpha value is -3.12. The first-order valence-corrected chi connectivity index (χ1v) is 10.4. The van der Waals surface area contributed by atoms with E-state index in [1.165, 1.54) is 11.3 Å². The molecule has 3 aromatic rings. The first-order chi connectivity index (χ1) is 14.2. The summed E-state index contributed by atoms with van der Waals surface area (Å²) in [7, 11) is 0.